The molecule has 0 aliphatic carbocycles. The molecule has 0 radical (unpaired) electrons. The minimum absolute atomic E-state index is 0.268. The fraction of sp³-hybridized carbons (Fsp3) is 0.500. The number of hydrogen-bond donors (Lipinski definition) is 0. The number of esters is 1. The van der Waals surface area contributed by atoms with Crippen LogP contribution < -0.4 is 0 Å². The summed E-state index contributed by atoms with van der Waals surface area (Å²) in [4.78, 5) is 11.0. The lowest BCUT2D eigenvalue weighted by atomic mass is 10.1. The molecular formula is C10H16O2. The van der Waals surface area contributed by atoms with Crippen molar-refractivity contribution in [1.29, 1.82) is 0 Å². The summed E-state index contributed by atoms with van der Waals surface area (Å²) in [5, 5.41) is 0. The third kappa shape index (κ3) is 3.37. The Morgan fingerprint density at radius 2 is 1.67 bits per heavy atom. The monoisotopic (exact) mass is 168 g/mol. The topological polar surface area (TPSA) is 26.3 Å². The van der Waals surface area contributed by atoms with Crippen LogP contribution in [-0.4, -0.2) is 13.1 Å². The van der Waals surface area contributed by atoms with Gasteiger partial charge in [0, 0.05) is 5.57 Å². The molecule has 0 aromatic rings. The van der Waals surface area contributed by atoms with Crippen molar-refractivity contribution in [1.82, 2.24) is 0 Å². The number of ether oxygens (including phenoxy) is 1. The van der Waals surface area contributed by atoms with Crippen molar-refractivity contribution in [3.63, 3.8) is 0 Å². The van der Waals surface area contributed by atoms with E-state index in [9.17, 15) is 4.79 Å². The average molecular weight is 168 g/mol. The molecule has 0 atom stereocenters. The molecular weight excluding hydrogens is 152 g/mol. The zero-order chi connectivity index (χ0) is 9.72. The van der Waals surface area contributed by atoms with Gasteiger partial charge in [-0.15, -0.1) is 0 Å². The van der Waals surface area contributed by atoms with Gasteiger partial charge in [-0.3, -0.25) is 0 Å². The Kier molecular flexibility index (Phi) is 4.34. The van der Waals surface area contributed by atoms with E-state index in [0.29, 0.717) is 5.57 Å². The number of methoxy groups -OCH3 is 1. The maximum absolute atomic E-state index is 11.0. The molecule has 0 rings (SSSR count). The van der Waals surface area contributed by atoms with E-state index in [0.717, 1.165) is 5.57 Å². The van der Waals surface area contributed by atoms with E-state index >= 15 is 0 Å². The molecule has 0 fully saturated rings. The van der Waals surface area contributed by atoms with E-state index in [1.165, 1.54) is 12.7 Å². The molecule has 0 amide bonds. The fourth-order valence-electron chi connectivity index (χ4n) is 0.689. The molecule has 0 spiro atoms. The Hall–Kier alpha value is -1.05. The molecule has 0 N–H and O–H groups in total. The van der Waals surface area contributed by atoms with Crippen molar-refractivity contribution >= 4 is 5.97 Å². The van der Waals surface area contributed by atoms with Crippen LogP contribution in [0.2, 0.25) is 0 Å². The first-order valence-corrected chi connectivity index (χ1v) is 3.89. The Bertz CT molecular complexity index is 230. The zero-order valence-electron chi connectivity index (χ0n) is 8.39. The van der Waals surface area contributed by atoms with Crippen molar-refractivity contribution in [2.24, 2.45) is 0 Å². The standard InChI is InChI=1S/C10H16O2/c1-7(2)8(3)6-9(4)10(11)12-5/h6H,1-5H3/b9-6+. The van der Waals surface area contributed by atoms with Gasteiger partial charge in [-0.25, -0.2) is 4.79 Å². The van der Waals surface area contributed by atoms with E-state index in [-0.39, 0.29) is 5.97 Å². The van der Waals surface area contributed by atoms with Crippen LogP contribution in [0.1, 0.15) is 27.7 Å². The first kappa shape index (κ1) is 11.0. The van der Waals surface area contributed by atoms with Crippen molar-refractivity contribution in [2.45, 2.75) is 27.7 Å². The lowest BCUT2D eigenvalue weighted by Crippen LogP contribution is -2.01. The van der Waals surface area contributed by atoms with Gasteiger partial charge in [-0.05, 0) is 33.8 Å². The molecule has 2 heteroatoms. The number of carbonyl (C=O) groups excluding carboxylic acids is 1. The quantitative estimate of drug-likeness (QED) is 0.359. The summed E-state index contributed by atoms with van der Waals surface area (Å²) in [6.07, 6.45) is 1.83. The second-order valence-corrected chi connectivity index (χ2v) is 3.00. The molecule has 2 nitrogen and oxygen atoms in total. The molecule has 0 saturated carbocycles. The molecule has 0 heterocycles. The van der Waals surface area contributed by atoms with Gasteiger partial charge in [-0.2, -0.15) is 0 Å². The maximum atomic E-state index is 11.0. The van der Waals surface area contributed by atoms with Crippen molar-refractivity contribution in [2.75, 3.05) is 7.11 Å². The van der Waals surface area contributed by atoms with Crippen LogP contribution in [0, 0.1) is 0 Å². The highest BCUT2D eigenvalue weighted by Gasteiger charge is 2.02. The van der Waals surface area contributed by atoms with Crippen LogP contribution in [0.5, 0.6) is 0 Å². The molecule has 68 valence electrons. The van der Waals surface area contributed by atoms with Crippen molar-refractivity contribution in [3.05, 3.63) is 22.8 Å². The molecule has 0 saturated heterocycles. The Balaban J connectivity index is 4.58. The van der Waals surface area contributed by atoms with E-state index in [1.807, 2.05) is 26.8 Å². The SMILES string of the molecule is COC(=O)/C(C)=C/C(C)=C(C)C. The Morgan fingerprint density at radius 1 is 1.17 bits per heavy atom. The van der Waals surface area contributed by atoms with E-state index in [4.69, 9.17) is 0 Å². The Labute approximate surface area is 73.9 Å². The highest BCUT2D eigenvalue weighted by Crippen LogP contribution is 2.07. The molecule has 0 bridgehead atoms. The number of rotatable bonds is 2. The summed E-state index contributed by atoms with van der Waals surface area (Å²) in [6, 6.07) is 0. The van der Waals surface area contributed by atoms with Gasteiger partial charge in [-0.1, -0.05) is 11.1 Å². The first-order chi connectivity index (χ1) is 5.49. The second-order valence-electron chi connectivity index (χ2n) is 3.00. The minimum atomic E-state index is -0.268. The van der Waals surface area contributed by atoms with Crippen LogP contribution in [0.25, 0.3) is 0 Å². The molecule has 0 aliphatic heterocycles. The van der Waals surface area contributed by atoms with Crippen LogP contribution in [-0.2, 0) is 9.53 Å². The molecule has 12 heavy (non-hydrogen) atoms. The highest BCUT2D eigenvalue weighted by atomic mass is 16.5. The summed E-state index contributed by atoms with van der Waals surface area (Å²) >= 11 is 0. The first-order valence-electron chi connectivity index (χ1n) is 3.89. The lowest BCUT2D eigenvalue weighted by molar-refractivity contribution is -0.136. The number of carbonyl (C=O) groups is 1. The highest BCUT2D eigenvalue weighted by molar-refractivity contribution is 5.88. The van der Waals surface area contributed by atoms with Gasteiger partial charge < -0.3 is 4.74 Å². The van der Waals surface area contributed by atoms with Gasteiger partial charge in [0.15, 0.2) is 0 Å². The third-order valence-electron chi connectivity index (χ3n) is 1.73. The third-order valence-corrected chi connectivity index (χ3v) is 1.73. The van der Waals surface area contributed by atoms with Crippen molar-refractivity contribution < 1.29 is 9.53 Å². The van der Waals surface area contributed by atoms with Gasteiger partial charge in [0.2, 0.25) is 0 Å². The van der Waals surface area contributed by atoms with Crippen LogP contribution >= 0.6 is 0 Å². The van der Waals surface area contributed by atoms with E-state index in [1.54, 1.807) is 6.92 Å². The predicted octanol–water partition coefficient (Wildman–Crippen LogP) is 2.46. The number of allylic oxidation sites excluding steroid dienone is 3. The molecule has 0 aliphatic rings. The predicted molar refractivity (Wildman–Crippen MR) is 49.8 cm³/mol. The van der Waals surface area contributed by atoms with Gasteiger partial charge >= 0.3 is 5.97 Å². The minimum Gasteiger partial charge on any atom is -0.466 e. The van der Waals surface area contributed by atoms with Gasteiger partial charge in [0.25, 0.3) is 0 Å². The average Bonchev–Trinajstić information content (AvgIpc) is 2.02. The van der Waals surface area contributed by atoms with E-state index in [2.05, 4.69) is 4.74 Å². The summed E-state index contributed by atoms with van der Waals surface area (Å²) in [5.41, 5.74) is 2.95. The summed E-state index contributed by atoms with van der Waals surface area (Å²) in [7, 11) is 1.39. The number of hydrogen-bond acceptors (Lipinski definition) is 2. The smallest absolute Gasteiger partial charge is 0.333 e. The zero-order valence-corrected chi connectivity index (χ0v) is 8.39. The summed E-state index contributed by atoms with van der Waals surface area (Å²) < 4.78 is 4.56. The van der Waals surface area contributed by atoms with Gasteiger partial charge in [0.1, 0.15) is 0 Å². The summed E-state index contributed by atoms with van der Waals surface area (Å²) in [6.45, 7) is 7.74. The van der Waals surface area contributed by atoms with Crippen molar-refractivity contribution in [3.8, 4) is 0 Å². The lowest BCUT2D eigenvalue weighted by Gasteiger charge is -2.00. The molecule has 0 aromatic heterocycles. The maximum Gasteiger partial charge on any atom is 0.333 e. The van der Waals surface area contributed by atoms with E-state index < -0.39 is 0 Å². The fourth-order valence-corrected chi connectivity index (χ4v) is 0.689. The normalized spacial score (nSPS) is 10.9. The Morgan fingerprint density at radius 3 is 2.00 bits per heavy atom. The largest absolute Gasteiger partial charge is 0.466 e. The molecule has 0 aromatic carbocycles. The second kappa shape index (κ2) is 4.75. The van der Waals surface area contributed by atoms with Crippen LogP contribution in [0.3, 0.4) is 0 Å². The van der Waals surface area contributed by atoms with Crippen LogP contribution in [0.4, 0.5) is 0 Å². The van der Waals surface area contributed by atoms with Crippen LogP contribution in [0.15, 0.2) is 22.8 Å². The molecule has 0 unspecified atom stereocenters. The van der Waals surface area contributed by atoms with Gasteiger partial charge in [0.05, 0.1) is 7.11 Å². The summed E-state index contributed by atoms with van der Waals surface area (Å²) in [5.74, 6) is -0.268.